The molecule has 1 rings (SSSR count). The first kappa shape index (κ1) is 15.5. The number of carbonyl (C=O) groups excluding carboxylic acids is 1. The molecular formula is C17H24O2. The van der Waals surface area contributed by atoms with Crippen LogP contribution < -0.4 is 0 Å². The third kappa shape index (κ3) is 3.46. The maximum Gasteiger partial charge on any atom is 0.166 e. The first-order valence-corrected chi connectivity index (χ1v) is 6.70. The molecule has 0 aliphatic carbocycles. The van der Waals surface area contributed by atoms with Gasteiger partial charge in [0.15, 0.2) is 5.78 Å². The third-order valence-corrected chi connectivity index (χ3v) is 3.22. The van der Waals surface area contributed by atoms with E-state index >= 15 is 0 Å². The van der Waals surface area contributed by atoms with Gasteiger partial charge in [-0.2, -0.15) is 0 Å². The van der Waals surface area contributed by atoms with Crippen molar-refractivity contribution in [3.05, 3.63) is 41.5 Å². The van der Waals surface area contributed by atoms with Gasteiger partial charge in [0.25, 0.3) is 0 Å². The van der Waals surface area contributed by atoms with E-state index in [1.807, 2.05) is 40.7 Å². The van der Waals surface area contributed by atoms with Crippen molar-refractivity contribution >= 4 is 5.78 Å². The number of allylic oxidation sites excluding steroid dienone is 1. The summed E-state index contributed by atoms with van der Waals surface area (Å²) >= 11 is 0. The van der Waals surface area contributed by atoms with E-state index in [1.54, 1.807) is 12.1 Å². The Morgan fingerprint density at radius 1 is 1.37 bits per heavy atom. The van der Waals surface area contributed by atoms with Crippen molar-refractivity contribution in [3.8, 4) is 5.75 Å². The van der Waals surface area contributed by atoms with E-state index < -0.39 is 0 Å². The molecule has 1 aromatic carbocycles. The highest BCUT2D eigenvalue weighted by molar-refractivity contribution is 5.97. The highest BCUT2D eigenvalue weighted by Crippen LogP contribution is 2.37. The van der Waals surface area contributed by atoms with Crippen LogP contribution in [0.1, 0.15) is 68.4 Å². The van der Waals surface area contributed by atoms with Gasteiger partial charge in [-0.1, -0.05) is 40.7 Å². The molecule has 0 aliphatic rings. The first-order valence-electron chi connectivity index (χ1n) is 6.70. The van der Waals surface area contributed by atoms with Gasteiger partial charge in [-0.05, 0) is 29.0 Å². The Balaban J connectivity index is 3.48. The standard InChI is InChI=1S/C17H24O2/c1-7-8-15(18)12-9-13(11(2)3)16(19)14(10-12)17(4,5)6/h7,9-11,19H,1,8H2,2-6H3. The summed E-state index contributed by atoms with van der Waals surface area (Å²) in [5, 5.41) is 10.4. The number of hydrogen-bond acceptors (Lipinski definition) is 2. The van der Waals surface area contributed by atoms with Crippen LogP contribution in [0.25, 0.3) is 0 Å². The molecule has 0 heterocycles. The summed E-state index contributed by atoms with van der Waals surface area (Å²) in [7, 11) is 0. The minimum Gasteiger partial charge on any atom is -0.507 e. The molecule has 2 heteroatoms. The van der Waals surface area contributed by atoms with Crippen LogP contribution in [0.3, 0.4) is 0 Å². The monoisotopic (exact) mass is 260 g/mol. The van der Waals surface area contributed by atoms with E-state index in [4.69, 9.17) is 0 Å². The van der Waals surface area contributed by atoms with Gasteiger partial charge in [0.05, 0.1) is 0 Å². The quantitative estimate of drug-likeness (QED) is 0.636. The van der Waals surface area contributed by atoms with E-state index in [0.29, 0.717) is 17.7 Å². The fourth-order valence-electron chi connectivity index (χ4n) is 2.08. The normalized spacial score (nSPS) is 11.7. The van der Waals surface area contributed by atoms with Gasteiger partial charge in [-0.3, -0.25) is 4.79 Å². The molecule has 0 fully saturated rings. The predicted molar refractivity (Wildman–Crippen MR) is 80.0 cm³/mol. The summed E-state index contributed by atoms with van der Waals surface area (Å²) < 4.78 is 0. The van der Waals surface area contributed by atoms with Crippen LogP contribution in [0.5, 0.6) is 5.75 Å². The summed E-state index contributed by atoms with van der Waals surface area (Å²) in [6.07, 6.45) is 1.94. The van der Waals surface area contributed by atoms with Crippen LogP contribution in [-0.2, 0) is 5.41 Å². The largest absolute Gasteiger partial charge is 0.507 e. The van der Waals surface area contributed by atoms with Gasteiger partial charge in [-0.15, -0.1) is 6.58 Å². The average Bonchev–Trinajstić information content (AvgIpc) is 2.27. The summed E-state index contributed by atoms with van der Waals surface area (Å²) in [5.41, 5.74) is 2.12. The van der Waals surface area contributed by atoms with Gasteiger partial charge in [0, 0.05) is 17.5 Å². The molecule has 0 aromatic heterocycles. The number of rotatable bonds is 4. The fourth-order valence-corrected chi connectivity index (χ4v) is 2.08. The number of phenols is 1. The fraction of sp³-hybridized carbons (Fsp3) is 0.471. The zero-order valence-electron chi connectivity index (χ0n) is 12.6. The number of ketones is 1. The average molecular weight is 260 g/mol. The summed E-state index contributed by atoms with van der Waals surface area (Å²) in [5.74, 6) is 0.539. The van der Waals surface area contributed by atoms with E-state index in [9.17, 15) is 9.90 Å². The number of hydrogen-bond donors (Lipinski definition) is 1. The molecular weight excluding hydrogens is 236 g/mol. The molecule has 19 heavy (non-hydrogen) atoms. The van der Waals surface area contributed by atoms with E-state index in [0.717, 1.165) is 11.1 Å². The van der Waals surface area contributed by atoms with E-state index in [2.05, 4.69) is 6.58 Å². The number of carbonyl (C=O) groups is 1. The van der Waals surface area contributed by atoms with Crippen molar-refractivity contribution in [2.75, 3.05) is 0 Å². The molecule has 1 aromatic rings. The first-order chi connectivity index (χ1) is 8.68. The Bertz CT molecular complexity index is 491. The SMILES string of the molecule is C=CCC(=O)c1cc(C(C)C)c(O)c(C(C)(C)C)c1. The Kier molecular flexibility index (Phi) is 4.56. The number of benzene rings is 1. The smallest absolute Gasteiger partial charge is 0.166 e. The third-order valence-electron chi connectivity index (χ3n) is 3.22. The Morgan fingerprint density at radius 3 is 2.37 bits per heavy atom. The molecule has 104 valence electrons. The van der Waals surface area contributed by atoms with Crippen LogP contribution in [0.2, 0.25) is 0 Å². The van der Waals surface area contributed by atoms with Crippen LogP contribution in [0.4, 0.5) is 0 Å². The lowest BCUT2D eigenvalue weighted by molar-refractivity contribution is 0.0995. The lowest BCUT2D eigenvalue weighted by Gasteiger charge is -2.24. The van der Waals surface area contributed by atoms with Crippen molar-refractivity contribution in [3.63, 3.8) is 0 Å². The lowest BCUT2D eigenvalue weighted by atomic mass is 9.82. The summed E-state index contributed by atoms with van der Waals surface area (Å²) in [4.78, 5) is 12.1. The maximum absolute atomic E-state index is 12.1. The predicted octanol–water partition coefficient (Wildman–Crippen LogP) is 4.57. The van der Waals surface area contributed by atoms with Gasteiger partial charge in [-0.25, -0.2) is 0 Å². The van der Waals surface area contributed by atoms with Gasteiger partial charge in [0.1, 0.15) is 5.75 Å². The van der Waals surface area contributed by atoms with Crippen molar-refractivity contribution in [1.29, 1.82) is 0 Å². The zero-order valence-corrected chi connectivity index (χ0v) is 12.6. The van der Waals surface area contributed by atoms with Gasteiger partial charge < -0.3 is 5.11 Å². The molecule has 0 saturated heterocycles. The molecule has 0 atom stereocenters. The molecule has 0 spiro atoms. The minimum absolute atomic E-state index is 0.0439. The second kappa shape index (κ2) is 5.60. The highest BCUT2D eigenvalue weighted by Gasteiger charge is 2.23. The van der Waals surface area contributed by atoms with Crippen LogP contribution >= 0.6 is 0 Å². The lowest BCUT2D eigenvalue weighted by Crippen LogP contribution is -2.14. The molecule has 2 nitrogen and oxygen atoms in total. The van der Waals surface area contributed by atoms with Crippen molar-refractivity contribution < 1.29 is 9.90 Å². The maximum atomic E-state index is 12.1. The minimum atomic E-state index is -0.196. The van der Waals surface area contributed by atoms with E-state index in [1.165, 1.54) is 0 Å². The molecule has 0 saturated carbocycles. The molecule has 1 N–H and O–H groups in total. The van der Waals surface area contributed by atoms with Crippen LogP contribution in [0.15, 0.2) is 24.8 Å². The highest BCUT2D eigenvalue weighted by atomic mass is 16.3. The number of phenolic OH excluding ortho intramolecular Hbond substituents is 1. The topological polar surface area (TPSA) is 37.3 Å². The van der Waals surface area contributed by atoms with Crippen molar-refractivity contribution in [1.82, 2.24) is 0 Å². The molecule has 0 unspecified atom stereocenters. The van der Waals surface area contributed by atoms with Crippen LogP contribution in [0, 0.1) is 0 Å². The molecule has 0 radical (unpaired) electrons. The zero-order chi connectivity index (χ0) is 14.8. The molecule has 0 aliphatic heterocycles. The van der Waals surface area contributed by atoms with Gasteiger partial charge in [0.2, 0.25) is 0 Å². The Morgan fingerprint density at radius 2 is 1.95 bits per heavy atom. The summed E-state index contributed by atoms with van der Waals surface area (Å²) in [6, 6.07) is 3.62. The van der Waals surface area contributed by atoms with E-state index in [-0.39, 0.29) is 17.1 Å². The van der Waals surface area contributed by atoms with Crippen LogP contribution in [-0.4, -0.2) is 10.9 Å². The summed E-state index contributed by atoms with van der Waals surface area (Å²) in [6.45, 7) is 13.7. The second-order valence-corrected chi connectivity index (χ2v) is 6.28. The van der Waals surface area contributed by atoms with Crippen molar-refractivity contribution in [2.24, 2.45) is 0 Å². The number of Topliss-reactive ketones (excluding diaryl/α,β-unsaturated/α-hetero) is 1. The van der Waals surface area contributed by atoms with Crippen molar-refractivity contribution in [2.45, 2.75) is 52.4 Å². The Hall–Kier alpha value is -1.57. The molecule has 0 bridgehead atoms. The number of aromatic hydroxyl groups is 1. The second-order valence-electron chi connectivity index (χ2n) is 6.28. The Labute approximate surface area is 116 Å². The van der Waals surface area contributed by atoms with Gasteiger partial charge >= 0.3 is 0 Å². The molecule has 0 amide bonds.